The lowest BCUT2D eigenvalue weighted by atomic mass is 10.0. The zero-order chi connectivity index (χ0) is 14.7. The van der Waals surface area contributed by atoms with Crippen LogP contribution in [-0.4, -0.2) is 34.3 Å². The Hall–Kier alpha value is -1.07. The van der Waals surface area contributed by atoms with Crippen LogP contribution in [-0.2, 0) is 13.1 Å². The van der Waals surface area contributed by atoms with E-state index in [1.165, 1.54) is 11.1 Å². The smallest absolute Gasteiger partial charge is 0.0534 e. The molecule has 1 fully saturated rings. The highest BCUT2D eigenvalue weighted by Gasteiger charge is 2.25. The molecule has 2 heterocycles. The van der Waals surface area contributed by atoms with Crippen LogP contribution in [0.1, 0.15) is 24.1 Å². The first-order valence-electron chi connectivity index (χ1n) is 7.48. The van der Waals surface area contributed by atoms with Gasteiger partial charge in [-0.25, -0.2) is 0 Å². The van der Waals surface area contributed by atoms with Gasteiger partial charge in [0.2, 0.25) is 0 Å². The summed E-state index contributed by atoms with van der Waals surface area (Å²) < 4.78 is 1.97. The molecule has 0 bridgehead atoms. The first kappa shape index (κ1) is 17.3. The van der Waals surface area contributed by atoms with E-state index in [0.29, 0.717) is 6.04 Å². The molecule has 6 heteroatoms. The fourth-order valence-electron chi connectivity index (χ4n) is 2.88. The van der Waals surface area contributed by atoms with Crippen LogP contribution < -0.4 is 5.32 Å². The fourth-order valence-corrected chi connectivity index (χ4v) is 3.14. The van der Waals surface area contributed by atoms with E-state index in [0.717, 1.165) is 37.7 Å². The minimum Gasteiger partial charge on any atom is -0.314 e. The largest absolute Gasteiger partial charge is 0.314 e. The van der Waals surface area contributed by atoms with Gasteiger partial charge in [0, 0.05) is 55.5 Å². The van der Waals surface area contributed by atoms with Crippen LogP contribution in [0.25, 0.3) is 0 Å². The molecule has 0 spiro atoms. The summed E-state index contributed by atoms with van der Waals surface area (Å²) in [6.45, 7) is 6.91. The van der Waals surface area contributed by atoms with Crippen molar-refractivity contribution >= 4 is 24.0 Å². The monoisotopic (exact) mass is 340 g/mol. The maximum atomic E-state index is 6.38. The molecule has 1 aromatic heterocycles. The van der Waals surface area contributed by atoms with E-state index in [4.69, 9.17) is 11.6 Å². The highest BCUT2D eigenvalue weighted by Crippen LogP contribution is 2.29. The SMILES string of the molecule is CCn1cc(CN2CCNCC2c2ccccc2Cl)cn1.Cl. The number of halogens is 2. The Balaban J connectivity index is 0.00000176. The Bertz CT molecular complexity index is 599. The maximum Gasteiger partial charge on any atom is 0.0534 e. The molecule has 1 saturated heterocycles. The van der Waals surface area contributed by atoms with Crippen molar-refractivity contribution in [3.8, 4) is 0 Å². The van der Waals surface area contributed by atoms with Crippen LogP contribution in [0.4, 0.5) is 0 Å². The Labute approximate surface area is 142 Å². The lowest BCUT2D eigenvalue weighted by Crippen LogP contribution is -2.45. The highest BCUT2D eigenvalue weighted by atomic mass is 35.5. The summed E-state index contributed by atoms with van der Waals surface area (Å²) in [4.78, 5) is 2.48. The standard InChI is InChI=1S/C16H21ClN4.ClH/c1-2-21-12-13(9-19-21)11-20-8-7-18-10-16(20)14-5-3-4-6-15(14)17;/h3-6,9,12,16,18H,2,7-8,10-11H2,1H3;1H. The van der Waals surface area contributed by atoms with Crippen LogP contribution >= 0.6 is 24.0 Å². The Morgan fingerprint density at radius 2 is 2.18 bits per heavy atom. The molecule has 22 heavy (non-hydrogen) atoms. The number of piperazine rings is 1. The third-order valence-electron chi connectivity index (χ3n) is 4.01. The third kappa shape index (κ3) is 3.82. The fraction of sp³-hybridized carbons (Fsp3) is 0.438. The number of aryl methyl sites for hydroxylation is 1. The second-order valence-corrected chi connectivity index (χ2v) is 5.82. The molecule has 1 unspecified atom stereocenters. The van der Waals surface area contributed by atoms with Gasteiger partial charge in [-0.1, -0.05) is 29.8 Å². The van der Waals surface area contributed by atoms with E-state index < -0.39 is 0 Å². The summed E-state index contributed by atoms with van der Waals surface area (Å²) in [6, 6.07) is 8.46. The van der Waals surface area contributed by atoms with Crippen molar-refractivity contribution in [3.05, 3.63) is 52.8 Å². The molecule has 1 atom stereocenters. The van der Waals surface area contributed by atoms with Crippen LogP contribution in [0.3, 0.4) is 0 Å². The van der Waals surface area contributed by atoms with Gasteiger partial charge < -0.3 is 5.32 Å². The lowest BCUT2D eigenvalue weighted by Gasteiger charge is -2.36. The predicted molar refractivity (Wildman–Crippen MR) is 92.6 cm³/mol. The topological polar surface area (TPSA) is 33.1 Å². The zero-order valence-corrected chi connectivity index (χ0v) is 14.3. The number of rotatable bonds is 4. The lowest BCUT2D eigenvalue weighted by molar-refractivity contribution is 0.154. The van der Waals surface area contributed by atoms with Crippen LogP contribution in [0, 0.1) is 0 Å². The maximum absolute atomic E-state index is 6.38. The molecule has 4 nitrogen and oxygen atoms in total. The van der Waals surface area contributed by atoms with E-state index in [2.05, 4.69) is 40.6 Å². The minimum absolute atomic E-state index is 0. The quantitative estimate of drug-likeness (QED) is 0.928. The molecular formula is C16H22Cl2N4. The number of benzene rings is 1. The third-order valence-corrected chi connectivity index (χ3v) is 4.36. The number of nitrogens with one attached hydrogen (secondary N) is 1. The molecule has 1 aliphatic rings. The van der Waals surface area contributed by atoms with Crippen molar-refractivity contribution in [1.82, 2.24) is 20.0 Å². The normalized spacial score (nSPS) is 18.9. The number of aromatic nitrogens is 2. The molecule has 0 aliphatic carbocycles. The van der Waals surface area contributed by atoms with E-state index in [-0.39, 0.29) is 12.4 Å². The summed E-state index contributed by atoms with van der Waals surface area (Å²) in [5.41, 5.74) is 2.46. The molecule has 0 radical (unpaired) electrons. The molecule has 1 N–H and O–H groups in total. The van der Waals surface area contributed by atoms with Gasteiger partial charge in [0.1, 0.15) is 0 Å². The Morgan fingerprint density at radius 1 is 1.36 bits per heavy atom. The van der Waals surface area contributed by atoms with Gasteiger partial charge >= 0.3 is 0 Å². The van der Waals surface area contributed by atoms with E-state index in [1.54, 1.807) is 0 Å². The van der Waals surface area contributed by atoms with E-state index >= 15 is 0 Å². The van der Waals surface area contributed by atoms with Crippen LogP contribution in [0.2, 0.25) is 5.02 Å². The molecule has 2 aromatic rings. The average Bonchev–Trinajstić information content (AvgIpc) is 2.96. The number of nitrogens with zero attached hydrogens (tertiary/aromatic N) is 3. The summed E-state index contributed by atoms with van der Waals surface area (Å²) in [7, 11) is 0. The second kappa shape index (κ2) is 7.97. The molecule has 3 rings (SSSR count). The molecule has 120 valence electrons. The minimum atomic E-state index is 0. The van der Waals surface area contributed by atoms with Gasteiger partial charge in [0.15, 0.2) is 0 Å². The number of hydrogen-bond acceptors (Lipinski definition) is 3. The molecule has 1 aromatic carbocycles. The number of hydrogen-bond donors (Lipinski definition) is 1. The molecule has 0 amide bonds. The van der Waals surface area contributed by atoms with Crippen molar-refractivity contribution in [2.24, 2.45) is 0 Å². The summed E-state index contributed by atoms with van der Waals surface area (Å²) in [6.07, 6.45) is 4.10. The van der Waals surface area contributed by atoms with Gasteiger partial charge in [-0.15, -0.1) is 12.4 Å². The van der Waals surface area contributed by atoms with Gasteiger partial charge in [-0.2, -0.15) is 5.10 Å². The van der Waals surface area contributed by atoms with E-state index in [9.17, 15) is 0 Å². The molecular weight excluding hydrogens is 319 g/mol. The Kier molecular flexibility index (Phi) is 6.26. The van der Waals surface area contributed by atoms with Gasteiger partial charge in [0.05, 0.1) is 6.20 Å². The van der Waals surface area contributed by atoms with Gasteiger partial charge in [0.25, 0.3) is 0 Å². The van der Waals surface area contributed by atoms with Crippen molar-refractivity contribution in [2.75, 3.05) is 19.6 Å². The predicted octanol–water partition coefficient (Wildman–Crippen LogP) is 3.12. The van der Waals surface area contributed by atoms with Crippen molar-refractivity contribution in [2.45, 2.75) is 26.1 Å². The van der Waals surface area contributed by atoms with E-state index in [1.807, 2.05) is 23.0 Å². The first-order chi connectivity index (χ1) is 10.3. The second-order valence-electron chi connectivity index (χ2n) is 5.42. The van der Waals surface area contributed by atoms with Crippen molar-refractivity contribution < 1.29 is 0 Å². The summed E-state index contributed by atoms with van der Waals surface area (Å²) in [5, 5.41) is 8.68. The summed E-state index contributed by atoms with van der Waals surface area (Å²) >= 11 is 6.38. The molecule has 0 saturated carbocycles. The van der Waals surface area contributed by atoms with Gasteiger partial charge in [-0.3, -0.25) is 9.58 Å². The molecule has 1 aliphatic heterocycles. The van der Waals surface area contributed by atoms with Crippen LogP contribution in [0.15, 0.2) is 36.7 Å². The van der Waals surface area contributed by atoms with Crippen LogP contribution in [0.5, 0.6) is 0 Å². The van der Waals surface area contributed by atoms with Crippen molar-refractivity contribution in [3.63, 3.8) is 0 Å². The zero-order valence-electron chi connectivity index (χ0n) is 12.7. The summed E-state index contributed by atoms with van der Waals surface area (Å²) in [5.74, 6) is 0. The highest BCUT2D eigenvalue weighted by molar-refractivity contribution is 6.31. The average molecular weight is 341 g/mol. The Morgan fingerprint density at radius 3 is 2.91 bits per heavy atom. The van der Waals surface area contributed by atoms with Crippen molar-refractivity contribution in [1.29, 1.82) is 0 Å². The first-order valence-corrected chi connectivity index (χ1v) is 7.86. The van der Waals surface area contributed by atoms with Gasteiger partial charge in [-0.05, 0) is 18.6 Å².